The van der Waals surface area contributed by atoms with Gasteiger partial charge in [-0.05, 0) is 31.7 Å². The molecule has 7 heteroatoms. The number of halogens is 2. The summed E-state index contributed by atoms with van der Waals surface area (Å²) in [5, 5.41) is 2.28. The number of ether oxygens (including phenoxy) is 1. The highest BCUT2D eigenvalue weighted by molar-refractivity contribution is 7.17. The first-order valence-electron chi connectivity index (χ1n) is 5.95. The number of nitrogens with one attached hydrogen (secondary N) is 1. The molecule has 0 bridgehead atoms. The Morgan fingerprint density at radius 3 is 2.79 bits per heavy atom. The van der Waals surface area contributed by atoms with Crippen LogP contribution >= 0.6 is 11.3 Å². The summed E-state index contributed by atoms with van der Waals surface area (Å²) in [6.07, 6.45) is -0.662. The van der Waals surface area contributed by atoms with Crippen LogP contribution in [0.5, 0.6) is 0 Å². The number of thiophene rings is 1. The Morgan fingerprint density at radius 2 is 2.16 bits per heavy atom. The number of rotatable bonds is 4. The van der Waals surface area contributed by atoms with Gasteiger partial charge in [0.25, 0.3) is 5.91 Å². The maximum Gasteiger partial charge on any atom is 0.341 e. The molecule has 1 aromatic heterocycles. The monoisotopic (exact) mass is 289 g/mol. The van der Waals surface area contributed by atoms with Gasteiger partial charge in [-0.3, -0.25) is 4.79 Å². The van der Waals surface area contributed by atoms with Crippen molar-refractivity contribution >= 4 is 28.2 Å². The van der Waals surface area contributed by atoms with E-state index >= 15 is 0 Å². The van der Waals surface area contributed by atoms with Crippen molar-refractivity contribution in [1.29, 1.82) is 0 Å². The summed E-state index contributed by atoms with van der Waals surface area (Å²) in [5.41, 5.74) is 1.07. The zero-order valence-corrected chi connectivity index (χ0v) is 11.1. The number of anilines is 1. The van der Waals surface area contributed by atoms with Crippen molar-refractivity contribution in [3.8, 4) is 0 Å². The van der Waals surface area contributed by atoms with Crippen molar-refractivity contribution in [2.24, 2.45) is 0 Å². The van der Waals surface area contributed by atoms with Gasteiger partial charge < -0.3 is 10.1 Å². The van der Waals surface area contributed by atoms with Crippen molar-refractivity contribution in [3.05, 3.63) is 16.0 Å². The van der Waals surface area contributed by atoms with Crippen molar-refractivity contribution in [2.45, 2.75) is 32.6 Å². The van der Waals surface area contributed by atoms with Gasteiger partial charge in [0, 0.05) is 4.88 Å². The van der Waals surface area contributed by atoms with Gasteiger partial charge in [-0.1, -0.05) is 0 Å². The zero-order chi connectivity index (χ0) is 14.0. The lowest BCUT2D eigenvalue weighted by molar-refractivity contribution is -0.126. The number of esters is 1. The molecule has 4 nitrogen and oxygen atoms in total. The van der Waals surface area contributed by atoms with E-state index in [1.54, 1.807) is 6.92 Å². The van der Waals surface area contributed by atoms with E-state index in [0.29, 0.717) is 6.42 Å². The molecule has 0 saturated carbocycles. The zero-order valence-electron chi connectivity index (χ0n) is 10.3. The Kier molecular flexibility index (Phi) is 4.14. The van der Waals surface area contributed by atoms with Crippen LogP contribution in [-0.2, 0) is 22.4 Å². The van der Waals surface area contributed by atoms with Gasteiger partial charge in [-0.15, -0.1) is 11.3 Å². The molecule has 1 aromatic rings. The number of amides is 1. The van der Waals surface area contributed by atoms with Crippen LogP contribution in [0.1, 0.15) is 34.1 Å². The van der Waals surface area contributed by atoms with E-state index < -0.39 is 18.3 Å². The molecule has 1 aliphatic rings. The van der Waals surface area contributed by atoms with Crippen LogP contribution in [0.2, 0.25) is 0 Å². The third-order valence-electron chi connectivity index (χ3n) is 2.84. The smallest absolute Gasteiger partial charge is 0.341 e. The number of hydrogen-bond acceptors (Lipinski definition) is 4. The van der Waals surface area contributed by atoms with Gasteiger partial charge in [-0.25, -0.2) is 4.79 Å². The van der Waals surface area contributed by atoms with Crippen LogP contribution in [0.15, 0.2) is 0 Å². The highest BCUT2D eigenvalue weighted by atomic mass is 32.1. The average molecular weight is 289 g/mol. The van der Waals surface area contributed by atoms with Crippen molar-refractivity contribution < 1.29 is 23.1 Å². The van der Waals surface area contributed by atoms with Gasteiger partial charge >= 0.3 is 12.4 Å². The van der Waals surface area contributed by atoms with Crippen molar-refractivity contribution in [2.75, 3.05) is 11.9 Å². The Balaban J connectivity index is 2.32. The third kappa shape index (κ3) is 2.75. The van der Waals surface area contributed by atoms with E-state index in [9.17, 15) is 18.4 Å². The maximum absolute atomic E-state index is 12.3. The second kappa shape index (κ2) is 5.64. The van der Waals surface area contributed by atoms with Crippen molar-refractivity contribution in [1.82, 2.24) is 0 Å². The Morgan fingerprint density at radius 1 is 1.42 bits per heavy atom. The normalized spacial score (nSPS) is 13.5. The van der Waals surface area contributed by atoms with E-state index in [1.165, 1.54) is 11.3 Å². The molecule has 1 amide bonds. The summed E-state index contributed by atoms with van der Waals surface area (Å²) in [6, 6.07) is 0. The van der Waals surface area contributed by atoms with Crippen LogP contribution in [0.3, 0.4) is 0 Å². The molecule has 2 rings (SSSR count). The minimum atomic E-state index is -3.10. The van der Waals surface area contributed by atoms with E-state index in [4.69, 9.17) is 4.74 Å². The summed E-state index contributed by atoms with van der Waals surface area (Å²) in [6.45, 7) is 1.87. The standard InChI is InChI=1S/C12H13F2NO3S/c1-2-18-12(17)8-6-4-3-5-7(6)19-11(8)15-10(16)9(13)14/h9H,2-5H2,1H3,(H,15,16). The molecular weight excluding hydrogens is 276 g/mol. The molecule has 1 heterocycles. The third-order valence-corrected chi connectivity index (χ3v) is 4.04. The topological polar surface area (TPSA) is 55.4 Å². The largest absolute Gasteiger partial charge is 0.462 e. The number of carbonyl (C=O) groups excluding carboxylic acids is 2. The Labute approximate surface area is 112 Å². The van der Waals surface area contributed by atoms with Crippen LogP contribution in [0, 0.1) is 0 Å². The molecule has 0 atom stereocenters. The highest BCUT2D eigenvalue weighted by Gasteiger charge is 2.29. The van der Waals surface area contributed by atoms with Crippen molar-refractivity contribution in [3.63, 3.8) is 0 Å². The molecular formula is C12H13F2NO3S. The summed E-state index contributed by atoms with van der Waals surface area (Å²) in [5.74, 6) is -1.96. The molecule has 0 fully saturated rings. The maximum atomic E-state index is 12.3. The molecule has 1 aliphatic carbocycles. The predicted octanol–water partition coefficient (Wildman–Crippen LogP) is 2.62. The molecule has 0 spiro atoms. The Bertz CT molecular complexity index is 513. The summed E-state index contributed by atoms with van der Waals surface area (Å²) in [7, 11) is 0. The van der Waals surface area contributed by atoms with E-state index in [0.717, 1.165) is 23.3 Å². The van der Waals surface area contributed by atoms with Crippen LogP contribution in [0.4, 0.5) is 13.8 Å². The SMILES string of the molecule is CCOC(=O)c1c(NC(=O)C(F)F)sc2c1CCC2. The number of carbonyl (C=O) groups is 2. The van der Waals surface area contributed by atoms with Gasteiger partial charge in [0.1, 0.15) is 5.00 Å². The fourth-order valence-electron chi connectivity index (χ4n) is 2.08. The van der Waals surface area contributed by atoms with Crippen LogP contribution in [0.25, 0.3) is 0 Å². The molecule has 0 saturated heterocycles. The lowest BCUT2D eigenvalue weighted by Gasteiger charge is -2.07. The molecule has 0 radical (unpaired) electrons. The molecule has 1 N–H and O–H groups in total. The molecule has 0 unspecified atom stereocenters. The molecule has 104 valence electrons. The molecule has 0 aromatic carbocycles. The van der Waals surface area contributed by atoms with Gasteiger partial charge in [0.2, 0.25) is 0 Å². The van der Waals surface area contributed by atoms with E-state index in [2.05, 4.69) is 5.32 Å². The van der Waals surface area contributed by atoms with Gasteiger partial charge in [-0.2, -0.15) is 8.78 Å². The van der Waals surface area contributed by atoms with E-state index in [1.807, 2.05) is 0 Å². The summed E-state index contributed by atoms with van der Waals surface area (Å²) >= 11 is 1.18. The fraction of sp³-hybridized carbons (Fsp3) is 0.500. The highest BCUT2D eigenvalue weighted by Crippen LogP contribution is 2.39. The summed E-state index contributed by atoms with van der Waals surface area (Å²) in [4.78, 5) is 23.9. The number of aryl methyl sites for hydroxylation is 1. The lowest BCUT2D eigenvalue weighted by Crippen LogP contribution is -2.21. The van der Waals surface area contributed by atoms with Gasteiger partial charge in [0.15, 0.2) is 0 Å². The number of hydrogen-bond donors (Lipinski definition) is 1. The first kappa shape index (κ1) is 13.9. The number of alkyl halides is 2. The molecule has 19 heavy (non-hydrogen) atoms. The van der Waals surface area contributed by atoms with E-state index in [-0.39, 0.29) is 17.2 Å². The predicted molar refractivity (Wildman–Crippen MR) is 66.9 cm³/mol. The first-order valence-corrected chi connectivity index (χ1v) is 6.77. The average Bonchev–Trinajstić information content (AvgIpc) is 2.88. The first-order chi connectivity index (χ1) is 9.04. The minimum Gasteiger partial charge on any atom is -0.462 e. The van der Waals surface area contributed by atoms with Crippen LogP contribution < -0.4 is 5.32 Å². The minimum absolute atomic E-state index is 0.174. The number of fused-ring (bicyclic) bond motifs is 1. The van der Waals surface area contributed by atoms with Crippen LogP contribution in [-0.4, -0.2) is 24.9 Å². The van der Waals surface area contributed by atoms with Gasteiger partial charge in [0.05, 0.1) is 12.2 Å². The summed E-state index contributed by atoms with van der Waals surface area (Å²) < 4.78 is 29.5. The quantitative estimate of drug-likeness (QED) is 0.867. The Hall–Kier alpha value is -1.50. The second-order valence-corrected chi connectivity index (χ2v) is 5.18. The fourth-order valence-corrected chi connectivity index (χ4v) is 3.36. The molecule has 0 aliphatic heterocycles. The lowest BCUT2D eigenvalue weighted by atomic mass is 10.1. The second-order valence-electron chi connectivity index (χ2n) is 4.07.